The average molecular weight is 348 g/mol. The third-order valence-corrected chi connectivity index (χ3v) is 4.08. The number of carbonyl (C=O) groups is 1. The Hall–Kier alpha value is -3.14. The quantitative estimate of drug-likeness (QED) is 0.683. The second-order valence-corrected chi connectivity index (χ2v) is 6.02. The van der Waals surface area contributed by atoms with Crippen molar-refractivity contribution >= 4 is 11.7 Å². The van der Waals surface area contributed by atoms with Crippen LogP contribution in [0.15, 0.2) is 84.9 Å². The molecule has 132 valence electrons. The summed E-state index contributed by atoms with van der Waals surface area (Å²) in [7, 11) is 0. The van der Waals surface area contributed by atoms with Gasteiger partial charge in [-0.3, -0.25) is 4.90 Å². The fourth-order valence-corrected chi connectivity index (χ4v) is 2.76. The summed E-state index contributed by atoms with van der Waals surface area (Å²) >= 11 is 0. The molecule has 0 aliphatic rings. The summed E-state index contributed by atoms with van der Waals surface area (Å²) in [6.07, 6.45) is 0.581. The molecule has 3 rings (SSSR count). The van der Waals surface area contributed by atoms with Gasteiger partial charge in [0, 0.05) is 12.2 Å². The minimum absolute atomic E-state index is 0.170. The standard InChI is InChI=1S/C22H21FN2O/c23-20-11-7-10-18(16-20)14-15-24-22(26)25(21-12-5-2-6-13-21)17-19-8-3-1-4-9-19/h1-13,16H,14-15,17H2,(H,24,26). The zero-order valence-electron chi connectivity index (χ0n) is 14.4. The van der Waals surface area contributed by atoms with Crippen LogP contribution >= 0.6 is 0 Å². The molecule has 0 unspecified atom stereocenters. The number of hydrogen-bond donors (Lipinski definition) is 1. The molecule has 3 aromatic rings. The summed E-state index contributed by atoms with van der Waals surface area (Å²) < 4.78 is 13.2. The predicted molar refractivity (Wildman–Crippen MR) is 103 cm³/mol. The van der Waals surface area contributed by atoms with Gasteiger partial charge in [0.2, 0.25) is 0 Å². The van der Waals surface area contributed by atoms with Gasteiger partial charge in [0.05, 0.1) is 6.54 Å². The number of halogens is 1. The summed E-state index contributed by atoms with van der Waals surface area (Å²) in [5.74, 6) is -0.260. The molecule has 2 amide bonds. The number of nitrogens with zero attached hydrogens (tertiary/aromatic N) is 1. The zero-order chi connectivity index (χ0) is 18.2. The van der Waals surface area contributed by atoms with Gasteiger partial charge in [0.25, 0.3) is 0 Å². The van der Waals surface area contributed by atoms with E-state index in [2.05, 4.69) is 5.32 Å². The van der Waals surface area contributed by atoms with Crippen molar-refractivity contribution in [2.75, 3.05) is 11.4 Å². The normalized spacial score (nSPS) is 10.3. The molecule has 0 aromatic heterocycles. The number of urea groups is 1. The van der Waals surface area contributed by atoms with Gasteiger partial charge in [-0.2, -0.15) is 0 Å². The second-order valence-electron chi connectivity index (χ2n) is 6.02. The van der Waals surface area contributed by atoms with Crippen LogP contribution in [0.5, 0.6) is 0 Å². The predicted octanol–water partition coefficient (Wildman–Crippen LogP) is 4.78. The fourth-order valence-electron chi connectivity index (χ4n) is 2.76. The minimum Gasteiger partial charge on any atom is -0.337 e. The Labute approximate surface area is 153 Å². The van der Waals surface area contributed by atoms with Gasteiger partial charge in [-0.25, -0.2) is 9.18 Å². The topological polar surface area (TPSA) is 32.3 Å². The molecule has 0 bridgehead atoms. The third-order valence-electron chi connectivity index (χ3n) is 4.08. The van der Waals surface area contributed by atoms with Crippen molar-refractivity contribution in [1.82, 2.24) is 5.32 Å². The number of nitrogens with one attached hydrogen (secondary N) is 1. The molecule has 0 aliphatic carbocycles. The van der Waals surface area contributed by atoms with Crippen LogP contribution in [-0.4, -0.2) is 12.6 Å². The summed E-state index contributed by atoms with van der Waals surface area (Å²) in [5.41, 5.74) is 2.75. The van der Waals surface area contributed by atoms with Crippen LogP contribution < -0.4 is 10.2 Å². The lowest BCUT2D eigenvalue weighted by molar-refractivity contribution is 0.246. The van der Waals surface area contributed by atoms with Crippen LogP contribution in [-0.2, 0) is 13.0 Å². The number of hydrogen-bond acceptors (Lipinski definition) is 1. The van der Waals surface area contributed by atoms with Crippen molar-refractivity contribution in [2.24, 2.45) is 0 Å². The van der Waals surface area contributed by atoms with Gasteiger partial charge in [-0.05, 0) is 41.8 Å². The molecular formula is C22H21FN2O. The van der Waals surface area contributed by atoms with Gasteiger partial charge in [-0.15, -0.1) is 0 Å². The molecule has 0 saturated heterocycles. The first-order valence-corrected chi connectivity index (χ1v) is 8.61. The van der Waals surface area contributed by atoms with E-state index in [4.69, 9.17) is 0 Å². The van der Waals surface area contributed by atoms with E-state index in [1.54, 1.807) is 11.0 Å². The molecule has 4 heteroatoms. The van der Waals surface area contributed by atoms with Gasteiger partial charge >= 0.3 is 6.03 Å². The fraction of sp³-hybridized carbons (Fsp3) is 0.136. The lowest BCUT2D eigenvalue weighted by Gasteiger charge is -2.23. The number of amides is 2. The molecule has 26 heavy (non-hydrogen) atoms. The molecule has 0 atom stereocenters. The highest BCUT2D eigenvalue weighted by Gasteiger charge is 2.15. The van der Waals surface area contributed by atoms with Crippen LogP contribution in [0, 0.1) is 5.82 Å². The molecule has 0 heterocycles. The number of para-hydroxylation sites is 1. The van der Waals surface area contributed by atoms with E-state index in [-0.39, 0.29) is 11.8 Å². The van der Waals surface area contributed by atoms with Crippen molar-refractivity contribution in [1.29, 1.82) is 0 Å². The first kappa shape index (κ1) is 17.7. The Bertz CT molecular complexity index is 837. The first-order chi connectivity index (χ1) is 12.7. The molecule has 0 fully saturated rings. The van der Waals surface area contributed by atoms with Crippen molar-refractivity contribution < 1.29 is 9.18 Å². The van der Waals surface area contributed by atoms with Gasteiger partial charge in [-0.1, -0.05) is 60.7 Å². The Morgan fingerprint density at radius 1 is 0.846 bits per heavy atom. The maximum absolute atomic E-state index is 13.2. The minimum atomic E-state index is -0.260. The maximum atomic E-state index is 13.2. The monoisotopic (exact) mass is 348 g/mol. The SMILES string of the molecule is O=C(NCCc1cccc(F)c1)N(Cc1ccccc1)c1ccccc1. The highest BCUT2D eigenvalue weighted by atomic mass is 19.1. The second kappa shape index (κ2) is 8.81. The molecule has 3 aromatic carbocycles. The summed E-state index contributed by atoms with van der Waals surface area (Å²) in [6.45, 7) is 0.928. The van der Waals surface area contributed by atoms with Crippen LogP contribution in [0.1, 0.15) is 11.1 Å². The highest BCUT2D eigenvalue weighted by Crippen LogP contribution is 2.17. The number of rotatable bonds is 6. The molecule has 0 spiro atoms. The van der Waals surface area contributed by atoms with Crippen LogP contribution in [0.25, 0.3) is 0 Å². The Balaban J connectivity index is 1.66. The molecule has 0 saturated carbocycles. The van der Waals surface area contributed by atoms with Crippen molar-refractivity contribution in [3.8, 4) is 0 Å². The molecular weight excluding hydrogens is 327 g/mol. The highest BCUT2D eigenvalue weighted by molar-refractivity contribution is 5.91. The maximum Gasteiger partial charge on any atom is 0.322 e. The van der Waals surface area contributed by atoms with Gasteiger partial charge in [0.1, 0.15) is 5.82 Å². The Morgan fingerprint density at radius 2 is 1.50 bits per heavy atom. The van der Waals surface area contributed by atoms with Gasteiger partial charge in [0.15, 0.2) is 0 Å². The molecule has 0 aliphatic heterocycles. The zero-order valence-corrected chi connectivity index (χ0v) is 14.4. The Morgan fingerprint density at radius 3 is 2.19 bits per heavy atom. The number of benzene rings is 3. The summed E-state index contributed by atoms with van der Waals surface area (Å²) in [5, 5.41) is 2.93. The third kappa shape index (κ3) is 4.93. The smallest absolute Gasteiger partial charge is 0.322 e. The van der Waals surface area contributed by atoms with E-state index in [0.717, 1.165) is 16.8 Å². The number of carbonyl (C=O) groups excluding carboxylic acids is 1. The van der Waals surface area contributed by atoms with E-state index < -0.39 is 0 Å². The molecule has 0 radical (unpaired) electrons. The van der Waals surface area contributed by atoms with E-state index in [1.807, 2.05) is 66.7 Å². The summed E-state index contributed by atoms with van der Waals surface area (Å²) in [4.78, 5) is 14.5. The van der Waals surface area contributed by atoms with Crippen LogP contribution in [0.2, 0.25) is 0 Å². The first-order valence-electron chi connectivity index (χ1n) is 8.61. The lowest BCUT2D eigenvalue weighted by Crippen LogP contribution is -2.40. The van der Waals surface area contributed by atoms with Crippen molar-refractivity contribution in [3.05, 3.63) is 102 Å². The van der Waals surface area contributed by atoms with Crippen LogP contribution in [0.4, 0.5) is 14.9 Å². The lowest BCUT2D eigenvalue weighted by atomic mass is 10.1. The molecule has 1 N–H and O–H groups in total. The summed E-state index contributed by atoms with van der Waals surface area (Å²) in [6, 6.07) is 25.7. The molecule has 3 nitrogen and oxygen atoms in total. The average Bonchev–Trinajstić information content (AvgIpc) is 2.67. The number of anilines is 1. The van der Waals surface area contributed by atoms with Crippen molar-refractivity contribution in [3.63, 3.8) is 0 Å². The van der Waals surface area contributed by atoms with Crippen molar-refractivity contribution in [2.45, 2.75) is 13.0 Å². The Kier molecular flexibility index (Phi) is 5.99. The van der Waals surface area contributed by atoms with E-state index in [0.29, 0.717) is 19.5 Å². The van der Waals surface area contributed by atoms with Gasteiger partial charge < -0.3 is 5.32 Å². The van der Waals surface area contributed by atoms with E-state index in [1.165, 1.54) is 12.1 Å². The van der Waals surface area contributed by atoms with Crippen LogP contribution in [0.3, 0.4) is 0 Å². The van der Waals surface area contributed by atoms with E-state index >= 15 is 0 Å². The largest absolute Gasteiger partial charge is 0.337 e. The van der Waals surface area contributed by atoms with E-state index in [9.17, 15) is 9.18 Å².